The lowest BCUT2D eigenvalue weighted by atomic mass is 10.0. The van der Waals surface area contributed by atoms with E-state index in [2.05, 4.69) is 6.92 Å². The maximum atomic E-state index is 5.90. The molecule has 2 N–H and O–H groups in total. The van der Waals surface area contributed by atoms with Gasteiger partial charge >= 0.3 is 0 Å². The summed E-state index contributed by atoms with van der Waals surface area (Å²) in [4.78, 5) is 0. The fraction of sp³-hybridized carbons (Fsp3) is 1.00. The van der Waals surface area contributed by atoms with E-state index >= 15 is 0 Å². The fourth-order valence-electron chi connectivity index (χ4n) is 2.39. The maximum Gasteiger partial charge on any atom is 0.282 e. The van der Waals surface area contributed by atoms with Gasteiger partial charge in [-0.15, -0.1) is 0 Å². The predicted molar refractivity (Wildman–Crippen MR) is 83.6 cm³/mol. The van der Waals surface area contributed by atoms with Crippen LogP contribution in [0.4, 0.5) is 0 Å². The summed E-state index contributed by atoms with van der Waals surface area (Å²) in [5.74, 6) is -0.851. The molecule has 4 heteroatoms. The van der Waals surface area contributed by atoms with E-state index < -0.39 is 5.97 Å². The zero-order chi connectivity index (χ0) is 15.3. The summed E-state index contributed by atoms with van der Waals surface area (Å²) in [6.07, 6.45) is 11.8. The van der Waals surface area contributed by atoms with E-state index in [1.807, 2.05) is 0 Å². The summed E-state index contributed by atoms with van der Waals surface area (Å²) < 4.78 is 15.8. The van der Waals surface area contributed by atoms with Gasteiger partial charge in [-0.1, -0.05) is 45.4 Å². The van der Waals surface area contributed by atoms with Crippen molar-refractivity contribution in [2.75, 3.05) is 21.3 Å². The Kier molecular flexibility index (Phi) is 12.5. The van der Waals surface area contributed by atoms with Crippen LogP contribution in [0.3, 0.4) is 0 Å². The highest BCUT2D eigenvalue weighted by molar-refractivity contribution is 4.59. The molecule has 0 aliphatic heterocycles. The second kappa shape index (κ2) is 12.6. The molecule has 0 heterocycles. The van der Waals surface area contributed by atoms with Crippen LogP contribution >= 0.6 is 0 Å². The molecule has 0 spiro atoms. The Labute approximate surface area is 125 Å². The molecular weight excluding hydrogens is 254 g/mol. The highest BCUT2D eigenvalue weighted by atomic mass is 16.9. The lowest BCUT2D eigenvalue weighted by Gasteiger charge is -2.28. The molecule has 1 unspecified atom stereocenters. The molecule has 0 saturated heterocycles. The zero-order valence-corrected chi connectivity index (χ0v) is 14.0. The van der Waals surface area contributed by atoms with Crippen LogP contribution in [0.25, 0.3) is 0 Å². The van der Waals surface area contributed by atoms with Gasteiger partial charge in [0.25, 0.3) is 5.97 Å². The van der Waals surface area contributed by atoms with Crippen molar-refractivity contribution in [2.45, 2.75) is 83.1 Å². The number of nitrogens with two attached hydrogens (primary N) is 1. The van der Waals surface area contributed by atoms with Gasteiger partial charge in [0.2, 0.25) is 0 Å². The predicted octanol–water partition coefficient (Wildman–Crippen LogP) is 3.83. The SMILES string of the molecule is CCC(N)CCCCCCCCCC(OC)(OC)OC. The molecular formula is C16H35NO3. The molecule has 122 valence electrons. The summed E-state index contributed by atoms with van der Waals surface area (Å²) in [6, 6.07) is 0.403. The van der Waals surface area contributed by atoms with Gasteiger partial charge in [0, 0.05) is 33.8 Å². The third-order valence-corrected chi connectivity index (χ3v) is 4.02. The van der Waals surface area contributed by atoms with E-state index in [0.29, 0.717) is 6.04 Å². The van der Waals surface area contributed by atoms with E-state index in [1.54, 1.807) is 21.3 Å². The van der Waals surface area contributed by atoms with Gasteiger partial charge in [0.05, 0.1) is 0 Å². The van der Waals surface area contributed by atoms with Crippen LogP contribution < -0.4 is 5.73 Å². The number of rotatable bonds is 14. The minimum Gasteiger partial charge on any atom is -0.331 e. The Hall–Kier alpha value is -0.160. The first kappa shape index (κ1) is 19.8. The van der Waals surface area contributed by atoms with Crippen molar-refractivity contribution >= 4 is 0 Å². The maximum absolute atomic E-state index is 5.90. The highest BCUT2D eigenvalue weighted by Crippen LogP contribution is 2.21. The molecule has 1 atom stereocenters. The van der Waals surface area contributed by atoms with Crippen LogP contribution in [0, 0.1) is 0 Å². The van der Waals surface area contributed by atoms with Crippen molar-refractivity contribution in [1.82, 2.24) is 0 Å². The van der Waals surface area contributed by atoms with Gasteiger partial charge < -0.3 is 19.9 Å². The smallest absolute Gasteiger partial charge is 0.282 e. The first-order valence-electron chi connectivity index (χ1n) is 8.05. The topological polar surface area (TPSA) is 53.7 Å². The number of methoxy groups -OCH3 is 3. The van der Waals surface area contributed by atoms with Crippen LogP contribution in [-0.2, 0) is 14.2 Å². The molecule has 0 aromatic rings. The molecule has 0 aliphatic carbocycles. The van der Waals surface area contributed by atoms with Gasteiger partial charge in [-0.05, 0) is 19.3 Å². The average Bonchev–Trinajstić information content (AvgIpc) is 2.49. The molecule has 0 radical (unpaired) electrons. The Morgan fingerprint density at radius 2 is 1.25 bits per heavy atom. The average molecular weight is 289 g/mol. The van der Waals surface area contributed by atoms with E-state index in [9.17, 15) is 0 Å². The van der Waals surface area contributed by atoms with Crippen molar-refractivity contribution < 1.29 is 14.2 Å². The van der Waals surface area contributed by atoms with Crippen molar-refractivity contribution in [3.05, 3.63) is 0 Å². The second-order valence-electron chi connectivity index (χ2n) is 5.48. The van der Waals surface area contributed by atoms with Crippen LogP contribution in [0.2, 0.25) is 0 Å². The number of ether oxygens (including phenoxy) is 3. The molecule has 0 aromatic heterocycles. The van der Waals surface area contributed by atoms with E-state index in [4.69, 9.17) is 19.9 Å². The minimum atomic E-state index is -0.851. The van der Waals surface area contributed by atoms with Gasteiger partial charge in [-0.3, -0.25) is 0 Å². The summed E-state index contributed by atoms with van der Waals surface area (Å²) in [7, 11) is 4.86. The largest absolute Gasteiger partial charge is 0.331 e. The summed E-state index contributed by atoms with van der Waals surface area (Å²) in [5, 5.41) is 0. The van der Waals surface area contributed by atoms with Gasteiger partial charge in [-0.25, -0.2) is 0 Å². The second-order valence-corrected chi connectivity index (χ2v) is 5.48. The third kappa shape index (κ3) is 8.90. The van der Waals surface area contributed by atoms with E-state index in [-0.39, 0.29) is 0 Å². The first-order chi connectivity index (χ1) is 9.64. The van der Waals surface area contributed by atoms with Gasteiger partial charge in [0.15, 0.2) is 0 Å². The normalized spacial score (nSPS) is 13.7. The quantitative estimate of drug-likeness (QED) is 0.390. The van der Waals surface area contributed by atoms with Crippen molar-refractivity contribution in [3.63, 3.8) is 0 Å². The Bertz CT molecular complexity index is 200. The molecule has 0 rings (SSSR count). The molecule has 4 nitrogen and oxygen atoms in total. The zero-order valence-electron chi connectivity index (χ0n) is 14.0. The van der Waals surface area contributed by atoms with Crippen LogP contribution in [-0.4, -0.2) is 33.3 Å². The molecule has 0 aliphatic rings. The van der Waals surface area contributed by atoms with Crippen LogP contribution in [0.15, 0.2) is 0 Å². The van der Waals surface area contributed by atoms with Crippen molar-refractivity contribution in [3.8, 4) is 0 Å². The number of hydrogen-bond acceptors (Lipinski definition) is 4. The standard InChI is InChI=1S/C16H35NO3/c1-5-15(17)13-11-9-7-6-8-10-12-14-16(18-2,19-3)20-4/h15H,5-14,17H2,1-4H3. The lowest BCUT2D eigenvalue weighted by molar-refractivity contribution is -0.355. The summed E-state index contributed by atoms with van der Waals surface area (Å²) in [5.41, 5.74) is 5.90. The van der Waals surface area contributed by atoms with Gasteiger partial charge in [-0.2, -0.15) is 0 Å². The Balaban J connectivity index is 3.40. The Morgan fingerprint density at radius 3 is 1.70 bits per heavy atom. The fourth-order valence-corrected chi connectivity index (χ4v) is 2.39. The Morgan fingerprint density at radius 1 is 0.800 bits per heavy atom. The summed E-state index contributed by atoms with van der Waals surface area (Å²) in [6.45, 7) is 2.16. The summed E-state index contributed by atoms with van der Waals surface area (Å²) >= 11 is 0. The van der Waals surface area contributed by atoms with Crippen molar-refractivity contribution in [2.24, 2.45) is 5.73 Å². The van der Waals surface area contributed by atoms with E-state index in [1.165, 1.54) is 44.9 Å². The molecule has 0 aromatic carbocycles. The molecule has 20 heavy (non-hydrogen) atoms. The van der Waals surface area contributed by atoms with Gasteiger partial charge in [0.1, 0.15) is 0 Å². The highest BCUT2D eigenvalue weighted by Gasteiger charge is 2.28. The van der Waals surface area contributed by atoms with Crippen molar-refractivity contribution in [1.29, 1.82) is 0 Å². The molecule has 0 amide bonds. The minimum absolute atomic E-state index is 0.403. The molecule has 0 fully saturated rings. The molecule has 0 saturated carbocycles. The molecule has 0 bridgehead atoms. The monoisotopic (exact) mass is 289 g/mol. The lowest BCUT2D eigenvalue weighted by Crippen LogP contribution is -2.35. The first-order valence-corrected chi connectivity index (χ1v) is 8.05. The van der Waals surface area contributed by atoms with Crippen LogP contribution in [0.1, 0.15) is 71.1 Å². The number of unbranched alkanes of at least 4 members (excludes halogenated alkanes) is 6. The van der Waals surface area contributed by atoms with Crippen LogP contribution in [0.5, 0.6) is 0 Å². The number of hydrogen-bond donors (Lipinski definition) is 1. The third-order valence-electron chi connectivity index (χ3n) is 4.02. The van der Waals surface area contributed by atoms with E-state index in [0.717, 1.165) is 19.3 Å².